The van der Waals surface area contributed by atoms with Crippen LogP contribution in [0.1, 0.15) is 27.8 Å². The number of halogens is 2. The molecule has 3 rings (SSSR count). The zero-order valence-corrected chi connectivity index (χ0v) is 17.8. The third kappa shape index (κ3) is 4.58. The van der Waals surface area contributed by atoms with E-state index in [-0.39, 0.29) is 18.2 Å². The number of hydrogen-bond acceptors (Lipinski definition) is 5. The maximum atomic E-state index is 11.5. The SMILES string of the molecule is CO/N=C(/C(=O)O)c1ccccc1COc1nn(C)c(C(Cl)c2ccccc2)c1Cl. The minimum atomic E-state index is -1.21. The Morgan fingerprint density at radius 1 is 1.20 bits per heavy atom. The Morgan fingerprint density at radius 3 is 2.53 bits per heavy atom. The summed E-state index contributed by atoms with van der Waals surface area (Å²) in [6.07, 6.45) is 0. The van der Waals surface area contributed by atoms with E-state index in [1.165, 1.54) is 7.11 Å². The molecule has 0 radical (unpaired) electrons. The lowest BCUT2D eigenvalue weighted by atomic mass is 10.0. The van der Waals surface area contributed by atoms with Gasteiger partial charge in [-0.15, -0.1) is 16.7 Å². The standard InChI is InChI=1S/C21H19Cl2N3O4/c1-26-19(16(22)13-8-4-3-5-9-13)17(23)20(24-26)30-12-14-10-6-7-11-15(14)18(21(27)28)25-29-2/h3-11,16H,12H2,1-2H3,(H,27,28)/b25-18+. The Bertz CT molecular complexity index is 1070. The number of oxime groups is 1. The zero-order valence-electron chi connectivity index (χ0n) is 16.3. The molecule has 2 aromatic carbocycles. The fraction of sp³-hybridized carbons (Fsp3) is 0.190. The second-order valence-electron chi connectivity index (χ2n) is 6.27. The second-order valence-corrected chi connectivity index (χ2v) is 7.09. The van der Waals surface area contributed by atoms with Gasteiger partial charge in [-0.2, -0.15) is 0 Å². The molecule has 0 fully saturated rings. The molecule has 9 heteroatoms. The number of ether oxygens (including phenoxy) is 1. The number of carboxylic acid groups (broad SMARTS) is 1. The maximum Gasteiger partial charge on any atom is 0.358 e. The van der Waals surface area contributed by atoms with Crippen molar-refractivity contribution in [3.63, 3.8) is 0 Å². The summed E-state index contributed by atoms with van der Waals surface area (Å²) in [7, 11) is 3.01. The minimum absolute atomic E-state index is 0.0284. The van der Waals surface area contributed by atoms with Gasteiger partial charge in [-0.3, -0.25) is 4.68 Å². The summed E-state index contributed by atoms with van der Waals surface area (Å²) in [5.41, 5.74) is 2.21. The summed E-state index contributed by atoms with van der Waals surface area (Å²) in [4.78, 5) is 16.2. The summed E-state index contributed by atoms with van der Waals surface area (Å²) in [5, 5.41) is 17.1. The van der Waals surface area contributed by atoms with Crippen molar-refractivity contribution in [2.24, 2.45) is 12.2 Å². The number of carboxylic acids is 1. The molecule has 1 N–H and O–H groups in total. The molecule has 0 aliphatic heterocycles. The average molecular weight is 448 g/mol. The van der Waals surface area contributed by atoms with E-state index >= 15 is 0 Å². The lowest BCUT2D eigenvalue weighted by molar-refractivity contribution is -0.129. The molecule has 0 saturated carbocycles. The van der Waals surface area contributed by atoms with Gasteiger partial charge in [0.2, 0.25) is 0 Å². The molecule has 0 saturated heterocycles. The van der Waals surface area contributed by atoms with E-state index in [1.54, 1.807) is 36.0 Å². The van der Waals surface area contributed by atoms with Crippen LogP contribution in [0.2, 0.25) is 5.02 Å². The van der Waals surface area contributed by atoms with E-state index in [9.17, 15) is 9.90 Å². The Balaban J connectivity index is 1.86. The Kier molecular flexibility index (Phi) is 6.97. The van der Waals surface area contributed by atoms with Crippen molar-refractivity contribution < 1.29 is 19.5 Å². The smallest absolute Gasteiger partial charge is 0.358 e. The molecule has 30 heavy (non-hydrogen) atoms. The van der Waals surface area contributed by atoms with Crippen molar-refractivity contribution >= 4 is 34.9 Å². The van der Waals surface area contributed by atoms with E-state index in [1.807, 2.05) is 30.3 Å². The van der Waals surface area contributed by atoms with Crippen molar-refractivity contribution in [3.8, 4) is 5.88 Å². The number of nitrogens with zero attached hydrogens (tertiary/aromatic N) is 3. The molecule has 0 aliphatic rings. The number of carbonyl (C=O) groups is 1. The summed E-state index contributed by atoms with van der Waals surface area (Å²) < 4.78 is 7.38. The van der Waals surface area contributed by atoms with Crippen LogP contribution >= 0.6 is 23.2 Å². The highest BCUT2D eigenvalue weighted by atomic mass is 35.5. The van der Waals surface area contributed by atoms with Gasteiger partial charge in [0.05, 0.1) is 5.69 Å². The van der Waals surface area contributed by atoms with Gasteiger partial charge in [-0.1, -0.05) is 71.4 Å². The van der Waals surface area contributed by atoms with Crippen LogP contribution in [0.5, 0.6) is 5.88 Å². The van der Waals surface area contributed by atoms with Gasteiger partial charge in [-0.25, -0.2) is 4.79 Å². The highest BCUT2D eigenvalue weighted by Gasteiger charge is 2.24. The van der Waals surface area contributed by atoms with Crippen molar-refractivity contribution in [1.29, 1.82) is 0 Å². The van der Waals surface area contributed by atoms with Crippen molar-refractivity contribution in [1.82, 2.24) is 9.78 Å². The maximum absolute atomic E-state index is 11.5. The summed E-state index contributed by atoms with van der Waals surface area (Å²) in [5.74, 6) is -1.01. The van der Waals surface area contributed by atoms with Gasteiger partial charge in [0.15, 0.2) is 5.71 Å². The van der Waals surface area contributed by atoms with Crippen LogP contribution in [-0.4, -0.2) is 33.7 Å². The summed E-state index contributed by atoms with van der Waals surface area (Å²) in [6.45, 7) is 0.0284. The fourth-order valence-electron chi connectivity index (χ4n) is 2.95. The first kappa shape index (κ1) is 21.7. The van der Waals surface area contributed by atoms with Gasteiger partial charge in [-0.05, 0) is 11.1 Å². The molecule has 7 nitrogen and oxygen atoms in total. The average Bonchev–Trinajstić information content (AvgIpc) is 3.03. The molecule has 0 bridgehead atoms. The van der Waals surface area contributed by atoms with Crippen LogP contribution < -0.4 is 4.74 Å². The lowest BCUT2D eigenvalue weighted by Crippen LogP contribution is -2.17. The molecule has 156 valence electrons. The quantitative estimate of drug-likeness (QED) is 0.313. The number of aromatic nitrogens is 2. The molecule has 0 amide bonds. The number of aliphatic carboxylic acids is 1. The fourth-order valence-corrected chi connectivity index (χ4v) is 3.73. The van der Waals surface area contributed by atoms with Crippen LogP contribution in [-0.2, 0) is 23.3 Å². The van der Waals surface area contributed by atoms with Crippen LogP contribution in [0, 0.1) is 0 Å². The number of benzene rings is 2. The van der Waals surface area contributed by atoms with Crippen LogP contribution in [0.3, 0.4) is 0 Å². The number of aryl methyl sites for hydroxylation is 1. The Hall–Kier alpha value is -3.03. The van der Waals surface area contributed by atoms with E-state index in [0.29, 0.717) is 21.8 Å². The molecular formula is C21H19Cl2N3O4. The van der Waals surface area contributed by atoms with Crippen molar-refractivity contribution in [2.45, 2.75) is 12.0 Å². The predicted octanol–water partition coefficient (Wildman–Crippen LogP) is 4.42. The molecule has 0 aliphatic carbocycles. The minimum Gasteiger partial charge on any atom is -0.476 e. The zero-order chi connectivity index (χ0) is 21.7. The van der Waals surface area contributed by atoms with Crippen LogP contribution in [0.4, 0.5) is 0 Å². The molecule has 1 unspecified atom stereocenters. The van der Waals surface area contributed by atoms with Gasteiger partial charge in [0.1, 0.15) is 24.1 Å². The normalized spacial score (nSPS) is 12.5. The first-order valence-electron chi connectivity index (χ1n) is 8.91. The summed E-state index contributed by atoms with van der Waals surface area (Å²) >= 11 is 13.1. The molecule has 1 atom stereocenters. The van der Waals surface area contributed by atoms with Crippen molar-refractivity contribution in [3.05, 3.63) is 82.0 Å². The second kappa shape index (κ2) is 9.65. The predicted molar refractivity (Wildman–Crippen MR) is 114 cm³/mol. The topological polar surface area (TPSA) is 85.9 Å². The third-order valence-electron chi connectivity index (χ3n) is 4.36. The first-order valence-corrected chi connectivity index (χ1v) is 9.72. The van der Waals surface area contributed by atoms with Crippen LogP contribution in [0.25, 0.3) is 0 Å². The highest BCUT2D eigenvalue weighted by Crippen LogP contribution is 2.38. The number of hydrogen-bond donors (Lipinski definition) is 1. The van der Waals surface area contributed by atoms with E-state index in [2.05, 4.69) is 15.1 Å². The van der Waals surface area contributed by atoms with E-state index in [4.69, 9.17) is 27.9 Å². The first-order chi connectivity index (χ1) is 14.4. The number of rotatable bonds is 8. The monoisotopic (exact) mass is 447 g/mol. The Morgan fingerprint density at radius 2 is 1.87 bits per heavy atom. The lowest BCUT2D eigenvalue weighted by Gasteiger charge is -2.11. The van der Waals surface area contributed by atoms with E-state index in [0.717, 1.165) is 5.56 Å². The molecular weight excluding hydrogens is 429 g/mol. The third-order valence-corrected chi connectivity index (χ3v) is 5.17. The molecule has 1 heterocycles. The Labute approximate surface area is 183 Å². The molecule has 3 aromatic rings. The molecule has 0 spiro atoms. The van der Waals surface area contributed by atoms with E-state index < -0.39 is 11.3 Å². The van der Waals surface area contributed by atoms with Crippen molar-refractivity contribution in [2.75, 3.05) is 7.11 Å². The number of alkyl halides is 1. The molecule has 1 aromatic heterocycles. The van der Waals surface area contributed by atoms with Gasteiger partial charge in [0, 0.05) is 12.6 Å². The van der Waals surface area contributed by atoms with Crippen LogP contribution in [0.15, 0.2) is 59.8 Å². The van der Waals surface area contributed by atoms with Gasteiger partial charge in [0.25, 0.3) is 5.88 Å². The summed E-state index contributed by atoms with van der Waals surface area (Å²) in [6, 6.07) is 16.3. The van der Waals surface area contributed by atoms with Gasteiger partial charge < -0.3 is 14.7 Å². The largest absolute Gasteiger partial charge is 0.476 e. The highest BCUT2D eigenvalue weighted by molar-refractivity contribution is 6.42. The van der Waals surface area contributed by atoms with Gasteiger partial charge >= 0.3 is 5.97 Å².